The van der Waals surface area contributed by atoms with Crippen LogP contribution in [0.4, 0.5) is 0 Å². The topological polar surface area (TPSA) is 0 Å². The van der Waals surface area contributed by atoms with Crippen LogP contribution in [0.1, 0.15) is 0 Å². The Bertz CT molecular complexity index is 8.00. The Morgan fingerprint density at radius 3 is 1.00 bits per heavy atom. The van der Waals surface area contributed by atoms with Gasteiger partial charge in [-0.2, -0.15) is 0 Å². The van der Waals surface area contributed by atoms with E-state index in [-0.39, 0.29) is 63.4 Å². The quantitative estimate of drug-likeness (QED) is 0.456. The molecule has 0 unspecified atom stereocenters. The van der Waals surface area contributed by atoms with Gasteiger partial charge in [0.15, 0.2) is 0 Å². The largest absolute Gasteiger partial charge is 0 e. The maximum Gasteiger partial charge on any atom is 0 e. The molecule has 0 aromatic rings. The first-order chi connectivity index (χ1) is 0. The van der Waals surface area contributed by atoms with Crippen molar-refractivity contribution in [1.82, 2.24) is 0 Å². The van der Waals surface area contributed by atoms with Gasteiger partial charge in [0.25, 0.3) is 0 Å². The predicted molar refractivity (Wildman–Crippen MR) is 5.75 cm³/mol. The summed E-state index contributed by atoms with van der Waals surface area (Å²) in [4.78, 5) is 0. The second-order valence-electron chi connectivity index (χ2n) is 0. The summed E-state index contributed by atoms with van der Waals surface area (Å²) in [6, 6.07) is 0. The van der Waals surface area contributed by atoms with Crippen molar-refractivity contribution in [3.8, 4) is 0 Å². The fourth-order valence-electron chi connectivity index (χ4n) is 0. The van der Waals surface area contributed by atoms with E-state index in [1.54, 1.807) is 0 Å². The van der Waals surface area contributed by atoms with E-state index in [0.29, 0.717) is 0 Å². The second kappa shape index (κ2) is 21.2. The summed E-state index contributed by atoms with van der Waals surface area (Å²) in [7, 11) is 0. The van der Waals surface area contributed by atoms with Crippen LogP contribution in [0.25, 0.3) is 0 Å². The third kappa shape index (κ3) is 9.16. The standard InChI is InChI=1S/Cr.Ni.Si.V. The first kappa shape index (κ1) is 40.7. The molecular weight excluding hydrogens is 190 g/mol. The Morgan fingerprint density at radius 2 is 1.00 bits per heavy atom. The van der Waals surface area contributed by atoms with Crippen molar-refractivity contribution < 1.29 is 52.4 Å². The molecule has 0 N–H and O–H groups in total. The molecule has 0 rings (SSSR count). The van der Waals surface area contributed by atoms with Crippen LogP contribution in [0.3, 0.4) is 0 Å². The minimum atomic E-state index is 0. The fraction of sp³-hybridized carbons (Fsp3) is 0. The monoisotopic (exact) mass is 189 g/mol. The molecule has 0 aromatic heterocycles. The molecule has 5 radical (unpaired) electrons. The molecule has 0 spiro atoms. The summed E-state index contributed by atoms with van der Waals surface area (Å²) >= 11 is 0. The summed E-state index contributed by atoms with van der Waals surface area (Å²) in [5.74, 6) is 0. The van der Waals surface area contributed by atoms with Crippen LogP contribution < -0.4 is 0 Å². The fourth-order valence-corrected chi connectivity index (χ4v) is 0. The zero-order valence-electron chi connectivity index (χ0n) is 1.67. The SMILES string of the molecule is [Cr].[Ni].[Si].[V]. The van der Waals surface area contributed by atoms with Gasteiger partial charge in [0, 0.05) is 63.4 Å². The maximum atomic E-state index is 0. The van der Waals surface area contributed by atoms with E-state index < -0.39 is 0 Å². The van der Waals surface area contributed by atoms with Gasteiger partial charge in [-0.05, 0) is 0 Å². The zero-order chi connectivity index (χ0) is 0. The van der Waals surface area contributed by atoms with Gasteiger partial charge in [0.2, 0.25) is 0 Å². The molecule has 0 saturated heterocycles. The molecule has 0 amide bonds. The van der Waals surface area contributed by atoms with E-state index in [0.717, 1.165) is 0 Å². The van der Waals surface area contributed by atoms with Crippen molar-refractivity contribution in [2.24, 2.45) is 0 Å². The smallest absolute Gasteiger partial charge is 0 e. The van der Waals surface area contributed by atoms with Crippen LogP contribution in [0, 0.1) is 0 Å². The minimum Gasteiger partial charge on any atom is 0 e. The van der Waals surface area contributed by atoms with Gasteiger partial charge >= 0.3 is 0 Å². The Balaban J connectivity index is 0. The summed E-state index contributed by atoms with van der Waals surface area (Å²) in [5, 5.41) is 0. The van der Waals surface area contributed by atoms with Crippen LogP contribution in [0.5, 0.6) is 0 Å². The van der Waals surface area contributed by atoms with E-state index in [9.17, 15) is 0 Å². The van der Waals surface area contributed by atoms with Gasteiger partial charge in [-0.3, -0.25) is 0 Å². The van der Waals surface area contributed by atoms with Crippen LogP contribution in [-0.2, 0) is 52.4 Å². The van der Waals surface area contributed by atoms with Gasteiger partial charge < -0.3 is 0 Å². The van der Waals surface area contributed by atoms with Gasteiger partial charge in [-0.25, -0.2) is 0 Å². The summed E-state index contributed by atoms with van der Waals surface area (Å²) in [6.07, 6.45) is 0. The van der Waals surface area contributed by atoms with Crippen molar-refractivity contribution in [3.05, 3.63) is 0 Å². The molecule has 0 atom stereocenters. The second-order valence-corrected chi connectivity index (χ2v) is 0. The van der Waals surface area contributed by atoms with E-state index in [4.69, 9.17) is 0 Å². The van der Waals surface area contributed by atoms with Crippen molar-refractivity contribution >= 4 is 11.0 Å². The Hall–Kier alpha value is 1.83. The van der Waals surface area contributed by atoms with Gasteiger partial charge in [0.05, 0.1) is 0 Å². The predicted octanol–water partition coefficient (Wildman–Crippen LogP) is -0.388. The van der Waals surface area contributed by atoms with Crippen LogP contribution in [0.15, 0.2) is 0 Å². The molecule has 0 aliphatic heterocycles. The van der Waals surface area contributed by atoms with Crippen LogP contribution in [-0.4, -0.2) is 11.0 Å². The molecule has 0 aromatic carbocycles. The number of hydrogen-bond acceptors (Lipinski definition) is 0. The number of rotatable bonds is 0. The maximum absolute atomic E-state index is 0. The molecule has 0 nitrogen and oxygen atoms in total. The molecule has 4 heteroatoms. The molecule has 25 valence electrons. The van der Waals surface area contributed by atoms with Crippen molar-refractivity contribution in [2.75, 3.05) is 0 Å². The first-order valence-electron chi connectivity index (χ1n) is 0. The van der Waals surface area contributed by atoms with Crippen molar-refractivity contribution in [3.63, 3.8) is 0 Å². The average molecular weight is 190 g/mol. The zero-order valence-corrected chi connectivity index (χ0v) is 6.33. The van der Waals surface area contributed by atoms with E-state index in [1.807, 2.05) is 0 Å². The van der Waals surface area contributed by atoms with Crippen LogP contribution >= 0.6 is 0 Å². The molecule has 0 bridgehead atoms. The Kier molecular flexibility index (Phi) is 215. The molecular formula is CrNiSiV. The molecule has 0 heterocycles. The molecule has 0 saturated carbocycles. The first-order valence-corrected chi connectivity index (χ1v) is 0. The Morgan fingerprint density at radius 1 is 1.00 bits per heavy atom. The van der Waals surface area contributed by atoms with Gasteiger partial charge in [-0.15, -0.1) is 0 Å². The average Bonchev–Trinajstić information content (AvgIpc) is 0. The van der Waals surface area contributed by atoms with E-state index in [1.165, 1.54) is 0 Å². The molecule has 0 aliphatic carbocycles. The molecule has 4 heavy (non-hydrogen) atoms. The normalized spacial score (nSPS) is 0. The summed E-state index contributed by atoms with van der Waals surface area (Å²) < 4.78 is 0. The van der Waals surface area contributed by atoms with Gasteiger partial charge in [0.1, 0.15) is 0 Å². The van der Waals surface area contributed by atoms with E-state index in [2.05, 4.69) is 0 Å². The van der Waals surface area contributed by atoms with Crippen molar-refractivity contribution in [2.45, 2.75) is 0 Å². The summed E-state index contributed by atoms with van der Waals surface area (Å²) in [6.45, 7) is 0. The van der Waals surface area contributed by atoms with E-state index >= 15 is 0 Å². The molecule has 0 fully saturated rings. The van der Waals surface area contributed by atoms with Crippen molar-refractivity contribution in [1.29, 1.82) is 0 Å². The summed E-state index contributed by atoms with van der Waals surface area (Å²) in [5.41, 5.74) is 0. The van der Waals surface area contributed by atoms with Crippen LogP contribution in [0.2, 0.25) is 0 Å². The third-order valence-electron chi connectivity index (χ3n) is 0. The molecule has 0 aliphatic rings. The number of hydrogen-bond donors (Lipinski definition) is 0. The Labute approximate surface area is 63.1 Å². The van der Waals surface area contributed by atoms with Gasteiger partial charge in [-0.1, -0.05) is 0 Å². The third-order valence-corrected chi connectivity index (χ3v) is 0. The minimum absolute atomic E-state index is 0.